The van der Waals surface area contributed by atoms with Crippen LogP contribution in [-0.2, 0) is 11.2 Å². The maximum absolute atomic E-state index is 12.3. The van der Waals surface area contributed by atoms with E-state index in [1.807, 2.05) is 0 Å². The minimum Gasteiger partial charge on any atom is -0.462 e. The molecule has 0 aliphatic heterocycles. The van der Waals surface area contributed by atoms with Gasteiger partial charge in [-0.25, -0.2) is 4.79 Å². The fourth-order valence-corrected chi connectivity index (χ4v) is 1.70. The smallest absolute Gasteiger partial charge is 0.387 e. The lowest BCUT2D eigenvalue weighted by Crippen LogP contribution is -2.11. The summed E-state index contributed by atoms with van der Waals surface area (Å²) in [7, 11) is 0. The molecule has 0 spiro atoms. The van der Waals surface area contributed by atoms with Gasteiger partial charge < -0.3 is 9.47 Å². The van der Waals surface area contributed by atoms with Crippen molar-refractivity contribution in [3.8, 4) is 5.75 Å². The topological polar surface area (TPSA) is 35.5 Å². The fraction of sp³-hybridized carbons (Fsp3) is 0.462. The van der Waals surface area contributed by atoms with Crippen LogP contribution in [0.25, 0.3) is 0 Å². The molecule has 3 nitrogen and oxygen atoms in total. The molecular formula is C13H15ClF2O3. The molecule has 1 rings (SSSR count). The molecule has 0 unspecified atom stereocenters. The van der Waals surface area contributed by atoms with Gasteiger partial charge in [-0.2, -0.15) is 8.78 Å². The molecule has 0 fully saturated rings. The molecule has 0 aliphatic carbocycles. The van der Waals surface area contributed by atoms with Gasteiger partial charge in [0.05, 0.1) is 6.61 Å². The third-order valence-corrected chi connectivity index (χ3v) is 2.62. The molecule has 19 heavy (non-hydrogen) atoms. The Labute approximate surface area is 115 Å². The van der Waals surface area contributed by atoms with Crippen LogP contribution in [0.4, 0.5) is 8.78 Å². The van der Waals surface area contributed by atoms with Crippen LogP contribution in [0, 0.1) is 0 Å². The first kappa shape index (κ1) is 15.7. The molecule has 0 saturated carbocycles. The van der Waals surface area contributed by atoms with Crippen molar-refractivity contribution in [2.24, 2.45) is 0 Å². The maximum Gasteiger partial charge on any atom is 0.387 e. The molecule has 0 atom stereocenters. The Hall–Kier alpha value is -1.36. The first-order valence-electron chi connectivity index (χ1n) is 5.89. The van der Waals surface area contributed by atoms with E-state index in [1.54, 1.807) is 13.0 Å². The molecule has 0 aliphatic rings. The van der Waals surface area contributed by atoms with Crippen molar-refractivity contribution in [1.29, 1.82) is 0 Å². The maximum atomic E-state index is 12.3. The number of aryl methyl sites for hydroxylation is 1. The lowest BCUT2D eigenvalue weighted by Gasteiger charge is -2.11. The summed E-state index contributed by atoms with van der Waals surface area (Å²) in [5.41, 5.74) is 0.833. The molecule has 0 saturated heterocycles. The molecule has 1 aromatic carbocycles. The summed E-state index contributed by atoms with van der Waals surface area (Å²) in [5, 5.41) is 0. The molecule has 0 N–H and O–H groups in total. The number of ether oxygens (including phenoxy) is 2. The predicted molar refractivity (Wildman–Crippen MR) is 68.1 cm³/mol. The Kier molecular flexibility index (Phi) is 6.56. The Bertz CT molecular complexity index is 424. The monoisotopic (exact) mass is 292 g/mol. The average Bonchev–Trinajstić information content (AvgIpc) is 2.37. The summed E-state index contributed by atoms with van der Waals surface area (Å²) >= 11 is 5.59. The minimum absolute atomic E-state index is 0.00854. The fourth-order valence-electron chi connectivity index (χ4n) is 1.57. The largest absolute Gasteiger partial charge is 0.462 e. The first-order valence-corrected chi connectivity index (χ1v) is 6.42. The second-order valence-electron chi connectivity index (χ2n) is 3.72. The number of carbonyl (C=O) groups excluding carboxylic acids is 1. The van der Waals surface area contributed by atoms with Gasteiger partial charge in [-0.1, -0.05) is 6.07 Å². The van der Waals surface area contributed by atoms with Gasteiger partial charge in [0, 0.05) is 5.88 Å². The van der Waals surface area contributed by atoms with Gasteiger partial charge in [0.15, 0.2) is 0 Å². The molecular weight excluding hydrogens is 278 g/mol. The van der Waals surface area contributed by atoms with E-state index in [0.717, 1.165) is 12.0 Å². The van der Waals surface area contributed by atoms with Gasteiger partial charge in [0.2, 0.25) is 0 Å². The van der Waals surface area contributed by atoms with Gasteiger partial charge >= 0.3 is 12.6 Å². The number of rotatable bonds is 7. The van der Waals surface area contributed by atoms with Crippen LogP contribution in [0.1, 0.15) is 29.3 Å². The van der Waals surface area contributed by atoms with Crippen LogP contribution in [0.15, 0.2) is 18.2 Å². The van der Waals surface area contributed by atoms with Crippen LogP contribution in [0.3, 0.4) is 0 Å². The van der Waals surface area contributed by atoms with E-state index in [0.29, 0.717) is 12.3 Å². The van der Waals surface area contributed by atoms with Crippen molar-refractivity contribution in [2.45, 2.75) is 26.4 Å². The van der Waals surface area contributed by atoms with E-state index >= 15 is 0 Å². The van der Waals surface area contributed by atoms with Gasteiger partial charge in [0.25, 0.3) is 0 Å². The van der Waals surface area contributed by atoms with E-state index in [-0.39, 0.29) is 17.9 Å². The normalized spacial score (nSPS) is 10.6. The SMILES string of the molecule is CCOC(=O)c1cc(CCCCl)ccc1OC(F)F. The highest BCUT2D eigenvalue weighted by Gasteiger charge is 2.17. The number of esters is 1. The highest BCUT2D eigenvalue weighted by molar-refractivity contribution is 6.17. The molecule has 6 heteroatoms. The lowest BCUT2D eigenvalue weighted by atomic mass is 10.1. The zero-order valence-electron chi connectivity index (χ0n) is 10.5. The molecule has 0 radical (unpaired) electrons. The standard InChI is InChI=1S/C13H15ClF2O3/c1-2-18-12(17)10-8-9(4-3-7-14)5-6-11(10)19-13(15)16/h5-6,8,13H,2-4,7H2,1H3. The van der Waals surface area contributed by atoms with Gasteiger partial charge in [-0.05, 0) is 37.5 Å². The van der Waals surface area contributed by atoms with Crippen LogP contribution in [0.5, 0.6) is 5.75 Å². The van der Waals surface area contributed by atoms with Crippen molar-refractivity contribution >= 4 is 17.6 Å². The number of hydrogen-bond donors (Lipinski definition) is 0. The number of carbonyl (C=O) groups is 1. The summed E-state index contributed by atoms with van der Waals surface area (Å²) in [6, 6.07) is 4.48. The van der Waals surface area contributed by atoms with Crippen molar-refractivity contribution in [3.05, 3.63) is 29.3 Å². The average molecular weight is 293 g/mol. The van der Waals surface area contributed by atoms with Gasteiger partial charge in [-0.3, -0.25) is 0 Å². The van der Waals surface area contributed by atoms with Crippen LogP contribution in [0.2, 0.25) is 0 Å². The first-order chi connectivity index (χ1) is 9.08. The van der Waals surface area contributed by atoms with Crippen LogP contribution < -0.4 is 4.74 Å². The van der Waals surface area contributed by atoms with E-state index in [4.69, 9.17) is 16.3 Å². The van der Waals surface area contributed by atoms with E-state index < -0.39 is 12.6 Å². The molecule has 1 aromatic rings. The molecule has 106 valence electrons. The highest BCUT2D eigenvalue weighted by atomic mass is 35.5. The predicted octanol–water partition coefficient (Wildman–Crippen LogP) is 3.64. The van der Waals surface area contributed by atoms with E-state index in [9.17, 15) is 13.6 Å². The van der Waals surface area contributed by atoms with Crippen molar-refractivity contribution in [3.63, 3.8) is 0 Å². The van der Waals surface area contributed by atoms with Gasteiger partial charge in [0.1, 0.15) is 11.3 Å². The van der Waals surface area contributed by atoms with Gasteiger partial charge in [-0.15, -0.1) is 11.6 Å². The molecule has 0 aromatic heterocycles. The summed E-state index contributed by atoms with van der Waals surface area (Å²) in [4.78, 5) is 11.7. The van der Waals surface area contributed by atoms with E-state index in [1.165, 1.54) is 12.1 Å². The third kappa shape index (κ3) is 5.03. The van der Waals surface area contributed by atoms with Crippen molar-refractivity contribution in [1.82, 2.24) is 0 Å². The summed E-state index contributed by atoms with van der Waals surface area (Å²) in [6.07, 6.45) is 1.39. The zero-order chi connectivity index (χ0) is 14.3. The summed E-state index contributed by atoms with van der Waals surface area (Å²) < 4.78 is 33.7. The summed E-state index contributed by atoms with van der Waals surface area (Å²) in [6.45, 7) is -1.18. The highest BCUT2D eigenvalue weighted by Crippen LogP contribution is 2.24. The number of halogens is 3. The molecule has 0 heterocycles. The zero-order valence-corrected chi connectivity index (χ0v) is 11.3. The number of benzene rings is 1. The number of hydrogen-bond acceptors (Lipinski definition) is 3. The Morgan fingerprint density at radius 3 is 2.74 bits per heavy atom. The Morgan fingerprint density at radius 2 is 2.16 bits per heavy atom. The van der Waals surface area contributed by atoms with Crippen molar-refractivity contribution < 1.29 is 23.0 Å². The van der Waals surface area contributed by atoms with Crippen molar-refractivity contribution in [2.75, 3.05) is 12.5 Å². The van der Waals surface area contributed by atoms with E-state index in [2.05, 4.69) is 4.74 Å². The number of alkyl halides is 3. The lowest BCUT2D eigenvalue weighted by molar-refractivity contribution is -0.0504. The second-order valence-corrected chi connectivity index (χ2v) is 4.10. The van der Waals surface area contributed by atoms with Crippen LogP contribution >= 0.6 is 11.6 Å². The molecule has 0 bridgehead atoms. The quantitative estimate of drug-likeness (QED) is 0.568. The second kappa shape index (κ2) is 7.94. The third-order valence-electron chi connectivity index (χ3n) is 2.35. The van der Waals surface area contributed by atoms with Crippen LogP contribution in [-0.4, -0.2) is 25.1 Å². The minimum atomic E-state index is -2.98. The Balaban J connectivity index is 2.99. The molecule has 0 amide bonds. The summed E-state index contributed by atoms with van der Waals surface area (Å²) in [5.74, 6) is -0.363. The Morgan fingerprint density at radius 1 is 1.42 bits per heavy atom.